The van der Waals surface area contributed by atoms with Crippen LogP contribution in [0.1, 0.15) is 54.0 Å². The second-order valence-electron chi connectivity index (χ2n) is 9.60. The van der Waals surface area contributed by atoms with Crippen molar-refractivity contribution in [3.8, 4) is 17.2 Å². The van der Waals surface area contributed by atoms with Crippen LogP contribution in [0, 0.1) is 13.8 Å². The van der Waals surface area contributed by atoms with Crippen molar-refractivity contribution in [1.82, 2.24) is 9.99 Å². The maximum absolute atomic E-state index is 12.4. The number of benzene rings is 2. The highest BCUT2D eigenvalue weighted by Crippen LogP contribution is 2.28. The summed E-state index contributed by atoms with van der Waals surface area (Å²) in [5.41, 5.74) is 6.41. The van der Waals surface area contributed by atoms with E-state index in [1.165, 1.54) is 11.4 Å². The van der Waals surface area contributed by atoms with Crippen molar-refractivity contribution in [2.45, 2.75) is 46.8 Å². The summed E-state index contributed by atoms with van der Waals surface area (Å²) in [6.45, 7) is 10.3. The molecule has 1 N–H and O–H groups in total. The zero-order valence-corrected chi connectivity index (χ0v) is 23.1. The largest absolute Gasteiger partial charge is 0.487 e. The Hall–Kier alpha value is -3.78. The molecule has 0 aliphatic heterocycles. The topological polar surface area (TPSA) is 78.0 Å². The molecule has 2 heterocycles. The molecule has 2 aromatic carbocycles. The summed E-state index contributed by atoms with van der Waals surface area (Å²) in [6.07, 6.45) is 1.55. The average Bonchev–Trinajstić information content (AvgIpc) is 3.45. The highest BCUT2D eigenvalue weighted by Gasteiger charge is 2.14. The molecule has 0 radical (unpaired) electrons. The summed E-state index contributed by atoms with van der Waals surface area (Å²) in [5.74, 6) is 1.69. The predicted molar refractivity (Wildman–Crippen MR) is 148 cm³/mol. The van der Waals surface area contributed by atoms with Gasteiger partial charge in [-0.25, -0.2) is 5.43 Å². The van der Waals surface area contributed by atoms with Crippen LogP contribution in [0.15, 0.2) is 80.7 Å². The number of rotatable bonds is 8. The molecule has 0 spiro atoms. The van der Waals surface area contributed by atoms with E-state index in [4.69, 9.17) is 13.9 Å². The second-order valence-corrected chi connectivity index (χ2v) is 10.5. The third-order valence-corrected chi connectivity index (χ3v) is 6.00. The van der Waals surface area contributed by atoms with Crippen molar-refractivity contribution in [1.29, 1.82) is 0 Å². The third kappa shape index (κ3) is 6.92. The van der Waals surface area contributed by atoms with E-state index in [-0.39, 0.29) is 18.0 Å². The van der Waals surface area contributed by atoms with Crippen LogP contribution in [0.3, 0.4) is 0 Å². The second kappa shape index (κ2) is 11.1. The number of halogens is 1. The minimum Gasteiger partial charge on any atom is -0.487 e. The first-order chi connectivity index (χ1) is 17.6. The standard InChI is InChI=1S/C29H30BrN3O4/c1-19-6-7-20(2)33(19)22-9-11-23(12-10-22)35-18-24-13-15-27(36-24)28(34)32-31-17-21-8-14-26(25(30)16-21)37-29(3,4)5/h6-17H,18H2,1-5H3,(H,32,34)/b31-17+. The number of carbonyl (C=O) groups excluding carboxylic acids is 1. The number of furan rings is 1. The van der Waals surface area contributed by atoms with Gasteiger partial charge in [-0.1, -0.05) is 0 Å². The molecule has 37 heavy (non-hydrogen) atoms. The first-order valence-corrected chi connectivity index (χ1v) is 12.7. The number of hydrogen-bond donors (Lipinski definition) is 1. The Morgan fingerprint density at radius 3 is 2.38 bits per heavy atom. The molecule has 4 aromatic rings. The molecule has 7 nitrogen and oxygen atoms in total. The quantitative estimate of drug-likeness (QED) is 0.185. The number of ether oxygens (including phenoxy) is 2. The predicted octanol–water partition coefficient (Wildman–Crippen LogP) is 6.97. The lowest BCUT2D eigenvalue weighted by Gasteiger charge is -2.22. The van der Waals surface area contributed by atoms with Crippen LogP contribution in [0.25, 0.3) is 5.69 Å². The van der Waals surface area contributed by atoms with E-state index < -0.39 is 5.91 Å². The number of carbonyl (C=O) groups is 1. The van der Waals surface area contributed by atoms with Gasteiger partial charge in [-0.05, 0) is 123 Å². The van der Waals surface area contributed by atoms with Gasteiger partial charge in [0, 0.05) is 17.1 Å². The molecular weight excluding hydrogens is 534 g/mol. The Balaban J connectivity index is 1.29. The summed E-state index contributed by atoms with van der Waals surface area (Å²) in [7, 11) is 0. The van der Waals surface area contributed by atoms with Crippen LogP contribution in [0.2, 0.25) is 0 Å². The molecule has 0 aliphatic carbocycles. The van der Waals surface area contributed by atoms with Gasteiger partial charge >= 0.3 is 5.91 Å². The van der Waals surface area contributed by atoms with E-state index >= 15 is 0 Å². The molecule has 192 valence electrons. The number of aromatic nitrogens is 1. The molecule has 0 fully saturated rings. The lowest BCUT2D eigenvalue weighted by atomic mass is 10.2. The van der Waals surface area contributed by atoms with Crippen molar-refractivity contribution in [2.24, 2.45) is 5.10 Å². The van der Waals surface area contributed by atoms with Gasteiger partial charge in [0.2, 0.25) is 0 Å². The number of amides is 1. The van der Waals surface area contributed by atoms with Gasteiger partial charge in [0.1, 0.15) is 29.5 Å². The molecule has 0 saturated heterocycles. The normalized spacial score (nSPS) is 11.6. The molecule has 0 bridgehead atoms. The molecular formula is C29H30BrN3O4. The van der Waals surface area contributed by atoms with Gasteiger partial charge < -0.3 is 18.5 Å². The van der Waals surface area contributed by atoms with Crippen LogP contribution in [-0.4, -0.2) is 22.3 Å². The Kier molecular flexibility index (Phi) is 7.88. The van der Waals surface area contributed by atoms with Gasteiger partial charge in [-0.2, -0.15) is 5.10 Å². The van der Waals surface area contributed by atoms with Gasteiger partial charge in [0.15, 0.2) is 5.76 Å². The van der Waals surface area contributed by atoms with Crippen molar-refractivity contribution in [2.75, 3.05) is 0 Å². The first kappa shape index (κ1) is 26.3. The van der Waals surface area contributed by atoms with Crippen molar-refractivity contribution < 1.29 is 18.7 Å². The summed E-state index contributed by atoms with van der Waals surface area (Å²) in [5, 5.41) is 4.03. The summed E-state index contributed by atoms with van der Waals surface area (Å²) >= 11 is 3.51. The SMILES string of the molecule is Cc1ccc(C)n1-c1ccc(OCc2ccc(C(=O)N/N=C/c3ccc(OC(C)(C)C)c(Br)c3)o2)cc1. The smallest absolute Gasteiger partial charge is 0.307 e. The summed E-state index contributed by atoms with van der Waals surface area (Å²) in [4.78, 5) is 12.4. The van der Waals surface area contributed by atoms with Crippen LogP contribution in [0.5, 0.6) is 11.5 Å². The summed E-state index contributed by atoms with van der Waals surface area (Å²) in [6, 6.07) is 20.9. The fourth-order valence-corrected chi connectivity index (χ4v) is 4.21. The van der Waals surface area contributed by atoms with Crippen molar-refractivity contribution >= 4 is 28.1 Å². The maximum Gasteiger partial charge on any atom is 0.307 e. The van der Waals surface area contributed by atoms with Gasteiger partial charge in [0.05, 0.1) is 10.7 Å². The molecule has 0 saturated carbocycles. The van der Waals surface area contributed by atoms with Gasteiger partial charge in [0.25, 0.3) is 0 Å². The zero-order chi connectivity index (χ0) is 26.6. The molecule has 0 aliphatic rings. The molecule has 2 aromatic heterocycles. The molecule has 0 unspecified atom stereocenters. The molecule has 8 heteroatoms. The Morgan fingerprint density at radius 1 is 1.03 bits per heavy atom. The Labute approximate surface area is 225 Å². The van der Waals surface area contributed by atoms with E-state index in [0.29, 0.717) is 11.5 Å². The fraction of sp³-hybridized carbons (Fsp3) is 0.241. The van der Waals surface area contributed by atoms with E-state index in [2.05, 4.69) is 57.0 Å². The van der Waals surface area contributed by atoms with E-state index in [1.807, 2.05) is 63.2 Å². The molecule has 4 rings (SSSR count). The van der Waals surface area contributed by atoms with Crippen LogP contribution >= 0.6 is 15.9 Å². The average molecular weight is 564 g/mol. The Bertz CT molecular complexity index is 1390. The fourth-order valence-electron chi connectivity index (χ4n) is 3.73. The number of hydrogen-bond acceptors (Lipinski definition) is 5. The van der Waals surface area contributed by atoms with Crippen molar-refractivity contribution in [3.05, 3.63) is 99.7 Å². The van der Waals surface area contributed by atoms with E-state index in [9.17, 15) is 4.79 Å². The monoisotopic (exact) mass is 563 g/mol. The van der Waals surface area contributed by atoms with E-state index in [0.717, 1.165) is 21.5 Å². The minimum absolute atomic E-state index is 0.153. The number of aryl methyl sites for hydroxylation is 2. The highest BCUT2D eigenvalue weighted by atomic mass is 79.9. The molecule has 0 atom stereocenters. The Morgan fingerprint density at radius 2 is 1.73 bits per heavy atom. The number of hydrazone groups is 1. The van der Waals surface area contributed by atoms with Gasteiger partial charge in [-0.15, -0.1) is 0 Å². The van der Waals surface area contributed by atoms with Crippen molar-refractivity contribution in [3.63, 3.8) is 0 Å². The highest BCUT2D eigenvalue weighted by molar-refractivity contribution is 9.10. The number of nitrogens with zero attached hydrogens (tertiary/aromatic N) is 2. The maximum atomic E-state index is 12.4. The first-order valence-electron chi connectivity index (χ1n) is 11.9. The number of nitrogens with one attached hydrogen (secondary N) is 1. The third-order valence-electron chi connectivity index (χ3n) is 5.38. The van der Waals surface area contributed by atoms with Crippen LogP contribution in [0.4, 0.5) is 0 Å². The van der Waals surface area contributed by atoms with Gasteiger partial charge in [-0.3, -0.25) is 4.79 Å². The minimum atomic E-state index is -0.448. The lowest BCUT2D eigenvalue weighted by Crippen LogP contribution is -2.23. The van der Waals surface area contributed by atoms with Crippen LogP contribution in [-0.2, 0) is 6.61 Å². The van der Waals surface area contributed by atoms with E-state index in [1.54, 1.807) is 18.3 Å². The van der Waals surface area contributed by atoms with Crippen LogP contribution < -0.4 is 14.9 Å². The summed E-state index contributed by atoms with van der Waals surface area (Å²) < 4.78 is 20.3. The zero-order valence-electron chi connectivity index (χ0n) is 21.5. The lowest BCUT2D eigenvalue weighted by molar-refractivity contribution is 0.0923. The molecule has 1 amide bonds.